The van der Waals surface area contributed by atoms with Gasteiger partial charge >= 0.3 is 0 Å². The number of aromatic nitrogens is 4. The average Bonchev–Trinajstić information content (AvgIpc) is 3.19. The smallest absolute Gasteiger partial charge is 0.274 e. The quantitative estimate of drug-likeness (QED) is 0.839. The lowest BCUT2D eigenvalue weighted by molar-refractivity contribution is 0.579. The number of halogens is 2. The lowest BCUT2D eigenvalue weighted by Gasteiger charge is -2.26. The first-order valence-corrected chi connectivity index (χ1v) is 6.77. The van der Waals surface area contributed by atoms with Crippen molar-refractivity contribution < 1.29 is 0 Å². The maximum absolute atomic E-state index is 12.0. The molecule has 1 aliphatic carbocycles. The Balaban J connectivity index is 0.000000807. The Morgan fingerprint density at radius 1 is 1.14 bits per heavy atom. The van der Waals surface area contributed by atoms with Gasteiger partial charge < -0.3 is 10.2 Å². The second-order valence-corrected chi connectivity index (χ2v) is 5.21. The van der Waals surface area contributed by atoms with E-state index in [0.717, 1.165) is 50.7 Å². The van der Waals surface area contributed by atoms with Gasteiger partial charge in [0.1, 0.15) is 0 Å². The minimum Gasteiger partial charge on any atom is -0.339 e. The summed E-state index contributed by atoms with van der Waals surface area (Å²) in [4.78, 5) is 23.1. The largest absolute Gasteiger partial charge is 0.339 e. The van der Waals surface area contributed by atoms with Crippen molar-refractivity contribution >= 4 is 36.5 Å². The molecule has 0 radical (unpaired) electrons. The zero-order valence-corrected chi connectivity index (χ0v) is 13.0. The number of hydrogen-bond donors (Lipinski definition) is 2. The molecular formula is C12H18Cl2N6O. The van der Waals surface area contributed by atoms with Crippen LogP contribution in [0.15, 0.2) is 10.9 Å². The fourth-order valence-electron chi connectivity index (χ4n) is 2.49. The molecule has 0 aromatic carbocycles. The van der Waals surface area contributed by atoms with Crippen LogP contribution < -0.4 is 15.8 Å². The molecule has 0 amide bonds. The minimum absolute atomic E-state index is 0. The van der Waals surface area contributed by atoms with Crippen molar-refractivity contribution in [3.8, 4) is 0 Å². The number of nitrogens with zero attached hydrogens (tertiary/aromatic N) is 4. The predicted molar refractivity (Wildman–Crippen MR) is 85.2 cm³/mol. The van der Waals surface area contributed by atoms with E-state index in [0.29, 0.717) is 11.7 Å². The lowest BCUT2D eigenvalue weighted by Crippen LogP contribution is -2.44. The van der Waals surface area contributed by atoms with Crippen LogP contribution in [-0.4, -0.2) is 45.8 Å². The number of hydrogen-bond acceptors (Lipinski definition) is 5. The maximum Gasteiger partial charge on any atom is 0.274 e. The SMILES string of the molecule is Cl.Cl.O=c1cc(C2CC2)nc2nc(N3CCNCC3)[nH]n12. The average molecular weight is 333 g/mol. The first-order valence-electron chi connectivity index (χ1n) is 6.77. The van der Waals surface area contributed by atoms with E-state index in [4.69, 9.17) is 0 Å². The Morgan fingerprint density at radius 2 is 1.86 bits per heavy atom. The molecule has 1 saturated carbocycles. The molecule has 3 heterocycles. The Morgan fingerprint density at radius 3 is 2.52 bits per heavy atom. The minimum atomic E-state index is -0.0687. The van der Waals surface area contributed by atoms with Crippen LogP contribution in [0, 0.1) is 0 Å². The third-order valence-corrected chi connectivity index (χ3v) is 3.75. The molecule has 2 aromatic rings. The van der Waals surface area contributed by atoms with Gasteiger partial charge in [-0.3, -0.25) is 9.89 Å². The second kappa shape index (κ2) is 6.21. The zero-order chi connectivity index (χ0) is 12.8. The highest BCUT2D eigenvalue weighted by atomic mass is 35.5. The number of aromatic amines is 1. The third kappa shape index (κ3) is 3.00. The van der Waals surface area contributed by atoms with Crippen LogP contribution in [0.2, 0.25) is 0 Å². The third-order valence-electron chi connectivity index (χ3n) is 3.75. The summed E-state index contributed by atoms with van der Waals surface area (Å²) in [5.41, 5.74) is 0.823. The summed E-state index contributed by atoms with van der Waals surface area (Å²) < 4.78 is 1.43. The molecule has 0 unspecified atom stereocenters. The van der Waals surface area contributed by atoms with Gasteiger partial charge in [0.25, 0.3) is 11.3 Å². The van der Waals surface area contributed by atoms with Crippen LogP contribution in [0.4, 0.5) is 5.95 Å². The number of fused-ring (bicyclic) bond motifs is 1. The van der Waals surface area contributed by atoms with E-state index < -0.39 is 0 Å². The number of H-pyrrole nitrogens is 1. The van der Waals surface area contributed by atoms with E-state index >= 15 is 0 Å². The van der Waals surface area contributed by atoms with E-state index in [1.165, 1.54) is 4.52 Å². The summed E-state index contributed by atoms with van der Waals surface area (Å²) in [5.74, 6) is 1.69. The second-order valence-electron chi connectivity index (χ2n) is 5.21. The van der Waals surface area contributed by atoms with E-state index in [1.807, 2.05) is 0 Å². The normalized spacial score (nSPS) is 18.2. The number of rotatable bonds is 2. The first kappa shape index (κ1) is 16.1. The Kier molecular flexibility index (Phi) is 4.75. The van der Waals surface area contributed by atoms with Crippen molar-refractivity contribution in [2.75, 3.05) is 31.1 Å². The van der Waals surface area contributed by atoms with E-state index in [9.17, 15) is 4.79 Å². The standard InChI is InChI=1S/C12H16N6O.2ClH/c19-10-7-9(8-1-2-8)14-11-15-12(16-18(10)11)17-5-3-13-4-6-17;;/h7-8,13H,1-6H2,(H,14,15,16);2*1H. The molecular weight excluding hydrogens is 315 g/mol. The van der Waals surface area contributed by atoms with Crippen LogP contribution in [0.1, 0.15) is 24.5 Å². The molecule has 1 saturated heterocycles. The topological polar surface area (TPSA) is 78.3 Å². The van der Waals surface area contributed by atoms with Crippen molar-refractivity contribution in [2.45, 2.75) is 18.8 Å². The summed E-state index contributed by atoms with van der Waals surface area (Å²) in [6.45, 7) is 3.66. The molecule has 7 nitrogen and oxygen atoms in total. The van der Waals surface area contributed by atoms with Gasteiger partial charge in [0.05, 0.1) is 5.69 Å². The fraction of sp³-hybridized carbons (Fsp3) is 0.583. The van der Waals surface area contributed by atoms with Crippen molar-refractivity contribution in [3.63, 3.8) is 0 Å². The van der Waals surface area contributed by atoms with Crippen molar-refractivity contribution in [2.24, 2.45) is 0 Å². The highest BCUT2D eigenvalue weighted by Crippen LogP contribution is 2.38. The van der Waals surface area contributed by atoms with E-state index in [1.54, 1.807) is 6.07 Å². The number of nitrogens with one attached hydrogen (secondary N) is 2. The van der Waals surface area contributed by atoms with Crippen LogP contribution in [0.5, 0.6) is 0 Å². The van der Waals surface area contributed by atoms with E-state index in [2.05, 4.69) is 25.3 Å². The maximum atomic E-state index is 12.0. The molecule has 9 heteroatoms. The molecule has 2 N–H and O–H groups in total. The molecule has 4 rings (SSSR count). The van der Waals surface area contributed by atoms with E-state index in [-0.39, 0.29) is 30.4 Å². The van der Waals surface area contributed by atoms with Crippen molar-refractivity contribution in [1.29, 1.82) is 0 Å². The predicted octanol–water partition coefficient (Wildman–Crippen LogP) is 0.548. The van der Waals surface area contributed by atoms with Gasteiger partial charge in [-0.2, -0.15) is 9.50 Å². The van der Waals surface area contributed by atoms with Crippen LogP contribution in [0.25, 0.3) is 5.78 Å². The molecule has 2 aliphatic rings. The molecule has 0 bridgehead atoms. The zero-order valence-electron chi connectivity index (χ0n) is 11.4. The number of anilines is 1. The highest BCUT2D eigenvalue weighted by molar-refractivity contribution is 5.85. The van der Waals surface area contributed by atoms with Gasteiger partial charge in [0, 0.05) is 38.2 Å². The first-order chi connectivity index (χ1) is 9.31. The Labute approximate surface area is 133 Å². The van der Waals surface area contributed by atoms with Gasteiger partial charge in [-0.15, -0.1) is 24.8 Å². The Hall–Kier alpha value is -1.31. The van der Waals surface area contributed by atoms with Crippen molar-refractivity contribution in [1.82, 2.24) is 24.9 Å². The van der Waals surface area contributed by atoms with Gasteiger partial charge in [-0.1, -0.05) is 0 Å². The summed E-state index contributed by atoms with van der Waals surface area (Å²) >= 11 is 0. The summed E-state index contributed by atoms with van der Waals surface area (Å²) in [6.07, 6.45) is 2.27. The van der Waals surface area contributed by atoms with Gasteiger partial charge in [-0.05, 0) is 12.8 Å². The molecule has 2 fully saturated rings. The molecule has 116 valence electrons. The molecule has 1 aliphatic heterocycles. The van der Waals surface area contributed by atoms with Crippen LogP contribution in [0.3, 0.4) is 0 Å². The lowest BCUT2D eigenvalue weighted by atomic mass is 10.3. The monoisotopic (exact) mass is 332 g/mol. The summed E-state index contributed by atoms with van der Waals surface area (Å²) in [7, 11) is 0. The molecule has 2 aromatic heterocycles. The van der Waals surface area contributed by atoms with Crippen LogP contribution >= 0.6 is 24.8 Å². The summed E-state index contributed by atoms with van der Waals surface area (Å²) in [5, 5.41) is 6.34. The van der Waals surface area contributed by atoms with Gasteiger partial charge in [0.2, 0.25) is 5.95 Å². The highest BCUT2D eigenvalue weighted by Gasteiger charge is 2.26. The van der Waals surface area contributed by atoms with Gasteiger partial charge in [0.15, 0.2) is 0 Å². The Bertz CT molecular complexity index is 674. The molecule has 0 atom stereocenters. The van der Waals surface area contributed by atoms with Crippen molar-refractivity contribution in [3.05, 3.63) is 22.1 Å². The molecule has 0 spiro atoms. The summed E-state index contributed by atoms with van der Waals surface area (Å²) in [6, 6.07) is 1.63. The molecule has 21 heavy (non-hydrogen) atoms. The van der Waals surface area contributed by atoms with Gasteiger partial charge in [-0.25, -0.2) is 4.98 Å². The van der Waals surface area contributed by atoms with Crippen LogP contribution in [-0.2, 0) is 0 Å². The fourth-order valence-corrected chi connectivity index (χ4v) is 2.49. The number of piperazine rings is 1.